The third-order valence-corrected chi connectivity index (χ3v) is 10.5. The van der Waals surface area contributed by atoms with Crippen LogP contribution in [0.15, 0.2) is 54.6 Å². The standard InChI is InChI=1S/C40H51N/c1-9-12-13-16-27-20-26(6)39-29(10-2)36(11-3)41-37(33(39)21-27)22-28(19-25(4)5)31-23-32-30-17-14-15-18-34(30)40(7,8)35(32)24-38(31)41/h14-15,17-18,20-25,29,36-37H,9-13,16,19H2,1-8H3/t29-,36-,37?/m1/s1. The Morgan fingerprint density at radius 1 is 0.854 bits per heavy atom. The van der Waals surface area contributed by atoms with E-state index < -0.39 is 0 Å². The molecule has 1 aliphatic carbocycles. The Hall–Kier alpha value is -2.80. The summed E-state index contributed by atoms with van der Waals surface area (Å²) < 4.78 is 0. The average Bonchev–Trinajstić information content (AvgIpc) is 3.17. The molecule has 3 aromatic carbocycles. The van der Waals surface area contributed by atoms with Crippen LogP contribution in [0.2, 0.25) is 0 Å². The van der Waals surface area contributed by atoms with Gasteiger partial charge in [-0.05, 0) is 107 Å². The molecule has 3 aliphatic rings. The van der Waals surface area contributed by atoms with Crippen LogP contribution in [0.3, 0.4) is 0 Å². The van der Waals surface area contributed by atoms with E-state index in [1.807, 2.05) is 0 Å². The van der Waals surface area contributed by atoms with Gasteiger partial charge in [0.05, 0.1) is 6.04 Å². The Balaban J connectivity index is 1.59. The lowest BCUT2D eigenvalue weighted by molar-refractivity contribution is 0.414. The first-order valence-electron chi connectivity index (χ1n) is 16.6. The topological polar surface area (TPSA) is 3.24 Å². The molecular weight excluding hydrogens is 494 g/mol. The molecule has 1 heteroatoms. The summed E-state index contributed by atoms with van der Waals surface area (Å²) in [5.74, 6) is 1.18. The summed E-state index contributed by atoms with van der Waals surface area (Å²) in [6.45, 7) is 19.2. The fraction of sp³-hybridized carbons (Fsp3) is 0.500. The summed E-state index contributed by atoms with van der Waals surface area (Å²) in [6.07, 6.45) is 11.2. The van der Waals surface area contributed by atoms with Gasteiger partial charge in [-0.2, -0.15) is 0 Å². The van der Waals surface area contributed by atoms with Crippen molar-refractivity contribution in [3.8, 4) is 11.1 Å². The summed E-state index contributed by atoms with van der Waals surface area (Å²) in [5.41, 5.74) is 16.7. The van der Waals surface area contributed by atoms with Crippen LogP contribution in [-0.2, 0) is 11.8 Å². The van der Waals surface area contributed by atoms with Crippen LogP contribution in [0.25, 0.3) is 16.7 Å². The minimum Gasteiger partial charge on any atom is -0.357 e. The van der Waals surface area contributed by atoms with Crippen LogP contribution < -0.4 is 4.90 Å². The van der Waals surface area contributed by atoms with Crippen molar-refractivity contribution in [2.75, 3.05) is 4.90 Å². The Kier molecular flexibility index (Phi) is 7.46. The zero-order valence-corrected chi connectivity index (χ0v) is 26.9. The second-order valence-electron chi connectivity index (χ2n) is 14.1. The van der Waals surface area contributed by atoms with Crippen molar-refractivity contribution >= 4 is 11.3 Å². The summed E-state index contributed by atoms with van der Waals surface area (Å²) in [7, 11) is 0. The summed E-state index contributed by atoms with van der Waals surface area (Å²) in [4.78, 5) is 2.88. The number of fused-ring (bicyclic) bond motifs is 8. The van der Waals surface area contributed by atoms with E-state index in [0.717, 1.165) is 6.42 Å². The molecule has 41 heavy (non-hydrogen) atoms. The maximum atomic E-state index is 2.88. The molecule has 2 heterocycles. The van der Waals surface area contributed by atoms with Crippen LogP contribution in [0, 0.1) is 12.8 Å². The van der Waals surface area contributed by atoms with Crippen LogP contribution in [0.4, 0.5) is 5.69 Å². The van der Waals surface area contributed by atoms with Gasteiger partial charge in [0.15, 0.2) is 0 Å². The van der Waals surface area contributed by atoms with E-state index >= 15 is 0 Å². The number of hydrogen-bond acceptors (Lipinski definition) is 1. The Bertz CT molecular complexity index is 1480. The van der Waals surface area contributed by atoms with Gasteiger partial charge < -0.3 is 4.90 Å². The van der Waals surface area contributed by atoms with Gasteiger partial charge in [-0.15, -0.1) is 0 Å². The molecule has 0 fully saturated rings. The van der Waals surface area contributed by atoms with E-state index in [-0.39, 0.29) is 5.41 Å². The highest BCUT2D eigenvalue weighted by atomic mass is 15.2. The minimum absolute atomic E-state index is 0.0123. The van der Waals surface area contributed by atoms with Crippen LogP contribution >= 0.6 is 0 Å². The first-order valence-corrected chi connectivity index (χ1v) is 16.6. The molecule has 3 aromatic rings. The second kappa shape index (κ2) is 10.8. The van der Waals surface area contributed by atoms with Gasteiger partial charge in [0, 0.05) is 28.6 Å². The lowest BCUT2D eigenvalue weighted by atomic mass is 9.71. The van der Waals surface area contributed by atoms with Crippen LogP contribution in [-0.4, -0.2) is 6.04 Å². The number of allylic oxidation sites excluding steroid dienone is 1. The molecule has 2 aliphatic heterocycles. The van der Waals surface area contributed by atoms with Gasteiger partial charge in [-0.1, -0.05) is 104 Å². The van der Waals surface area contributed by atoms with E-state index in [4.69, 9.17) is 0 Å². The zero-order chi connectivity index (χ0) is 29.1. The highest BCUT2D eigenvalue weighted by Crippen LogP contribution is 2.57. The number of benzene rings is 3. The van der Waals surface area contributed by atoms with Crippen molar-refractivity contribution in [3.05, 3.63) is 93.6 Å². The fourth-order valence-corrected chi connectivity index (χ4v) is 8.68. The molecule has 1 unspecified atom stereocenters. The molecule has 0 saturated carbocycles. The van der Waals surface area contributed by atoms with E-state index in [2.05, 4.69) is 115 Å². The normalized spacial score (nSPS) is 21.6. The molecule has 0 saturated heterocycles. The molecule has 0 radical (unpaired) electrons. The van der Waals surface area contributed by atoms with Gasteiger partial charge in [-0.3, -0.25) is 0 Å². The maximum absolute atomic E-state index is 2.88. The monoisotopic (exact) mass is 545 g/mol. The number of rotatable bonds is 8. The van der Waals surface area contributed by atoms with Crippen molar-refractivity contribution in [2.24, 2.45) is 5.92 Å². The molecule has 0 spiro atoms. The quantitative estimate of drug-likeness (QED) is 0.254. The SMILES string of the molecule is CCCCCc1cc(C)c2c(c1)C1C=C(CC(C)C)c3cc4c(cc3N1[C@H](CC)[C@H]2CC)C(C)(C)c1ccccc1-4. The van der Waals surface area contributed by atoms with Crippen LogP contribution in [0.1, 0.15) is 138 Å². The molecule has 0 amide bonds. The first kappa shape index (κ1) is 28.3. The van der Waals surface area contributed by atoms with Crippen molar-refractivity contribution in [1.82, 2.24) is 0 Å². The Morgan fingerprint density at radius 2 is 1.63 bits per heavy atom. The summed E-state index contributed by atoms with van der Waals surface area (Å²) >= 11 is 0. The van der Waals surface area contributed by atoms with E-state index in [9.17, 15) is 0 Å². The highest BCUT2D eigenvalue weighted by Gasteiger charge is 2.44. The van der Waals surface area contributed by atoms with Gasteiger partial charge >= 0.3 is 0 Å². The summed E-state index contributed by atoms with van der Waals surface area (Å²) in [5, 5.41) is 0. The number of hydrogen-bond donors (Lipinski definition) is 0. The maximum Gasteiger partial charge on any atom is 0.0739 e. The lowest BCUT2D eigenvalue weighted by Gasteiger charge is -2.51. The number of nitrogens with zero attached hydrogens (tertiary/aromatic N) is 1. The van der Waals surface area contributed by atoms with Gasteiger partial charge in [0.2, 0.25) is 0 Å². The molecule has 1 nitrogen and oxygen atoms in total. The van der Waals surface area contributed by atoms with Crippen molar-refractivity contribution in [2.45, 2.75) is 124 Å². The van der Waals surface area contributed by atoms with Crippen LogP contribution in [0.5, 0.6) is 0 Å². The first-order chi connectivity index (χ1) is 19.7. The summed E-state index contributed by atoms with van der Waals surface area (Å²) in [6, 6.07) is 20.3. The molecule has 0 bridgehead atoms. The van der Waals surface area contributed by atoms with E-state index in [0.29, 0.717) is 23.9 Å². The smallest absolute Gasteiger partial charge is 0.0739 e. The lowest BCUT2D eigenvalue weighted by Crippen LogP contribution is -2.47. The number of anilines is 1. The van der Waals surface area contributed by atoms with Crippen molar-refractivity contribution in [3.63, 3.8) is 0 Å². The predicted octanol–water partition coefficient (Wildman–Crippen LogP) is 11.3. The van der Waals surface area contributed by atoms with E-state index in [1.54, 1.807) is 16.7 Å². The average molecular weight is 546 g/mol. The Morgan fingerprint density at radius 3 is 2.34 bits per heavy atom. The molecule has 216 valence electrons. The second-order valence-corrected chi connectivity index (χ2v) is 14.1. The minimum atomic E-state index is 0.0123. The number of aryl methyl sites for hydroxylation is 2. The third-order valence-electron chi connectivity index (χ3n) is 10.5. The van der Waals surface area contributed by atoms with E-state index in [1.165, 1.54) is 83.2 Å². The highest BCUT2D eigenvalue weighted by molar-refractivity contribution is 5.91. The predicted molar refractivity (Wildman–Crippen MR) is 178 cm³/mol. The molecular formula is C40H51N. The van der Waals surface area contributed by atoms with Gasteiger partial charge in [-0.25, -0.2) is 0 Å². The molecule has 0 N–H and O–H groups in total. The zero-order valence-electron chi connectivity index (χ0n) is 26.9. The van der Waals surface area contributed by atoms with Gasteiger partial charge in [0.1, 0.15) is 0 Å². The third kappa shape index (κ3) is 4.50. The molecule has 3 atom stereocenters. The van der Waals surface area contributed by atoms with Gasteiger partial charge in [0.25, 0.3) is 0 Å². The Labute approximate surface area is 250 Å². The number of unbranched alkanes of at least 4 members (excludes halogenated alkanes) is 2. The molecule has 0 aromatic heterocycles. The fourth-order valence-electron chi connectivity index (χ4n) is 8.68. The van der Waals surface area contributed by atoms with Crippen molar-refractivity contribution in [1.29, 1.82) is 0 Å². The molecule has 6 rings (SSSR count). The largest absolute Gasteiger partial charge is 0.357 e. The van der Waals surface area contributed by atoms with Crippen molar-refractivity contribution < 1.29 is 0 Å².